The number of methoxy groups -OCH3 is 1. The molecule has 3 nitrogen and oxygen atoms in total. The maximum atomic E-state index is 11.4. The molecule has 1 amide bonds. The minimum atomic E-state index is -0.175. The Balaban J connectivity index is 2.67. The van der Waals surface area contributed by atoms with Crippen LogP contribution in [0, 0.1) is 12.3 Å². The Morgan fingerprint density at radius 1 is 1.50 bits per heavy atom. The van der Waals surface area contributed by atoms with Gasteiger partial charge in [0.1, 0.15) is 5.75 Å². The van der Waals surface area contributed by atoms with E-state index in [9.17, 15) is 4.79 Å². The van der Waals surface area contributed by atoms with E-state index >= 15 is 0 Å². The van der Waals surface area contributed by atoms with Crippen molar-refractivity contribution >= 4 is 5.91 Å². The Morgan fingerprint density at radius 3 is 2.64 bits per heavy atom. The minimum Gasteiger partial charge on any atom is -0.497 e. The van der Waals surface area contributed by atoms with Gasteiger partial charge in [-0.2, -0.15) is 0 Å². The highest BCUT2D eigenvalue weighted by molar-refractivity contribution is 5.94. The first-order valence-electron chi connectivity index (χ1n) is 4.13. The van der Waals surface area contributed by atoms with E-state index in [1.807, 2.05) is 0 Å². The zero-order valence-corrected chi connectivity index (χ0v) is 7.91. The third-order valence-electron chi connectivity index (χ3n) is 1.70. The Morgan fingerprint density at radius 2 is 2.14 bits per heavy atom. The number of benzene rings is 1. The highest BCUT2D eigenvalue weighted by atomic mass is 16.5. The van der Waals surface area contributed by atoms with E-state index in [1.165, 1.54) is 0 Å². The molecular formula is C11H11NO2. The van der Waals surface area contributed by atoms with Gasteiger partial charge in [0.2, 0.25) is 0 Å². The molecule has 72 valence electrons. The van der Waals surface area contributed by atoms with Crippen molar-refractivity contribution in [2.45, 2.75) is 0 Å². The van der Waals surface area contributed by atoms with Gasteiger partial charge in [-0.25, -0.2) is 0 Å². The summed E-state index contributed by atoms with van der Waals surface area (Å²) >= 11 is 0. The molecule has 0 saturated carbocycles. The minimum absolute atomic E-state index is 0.175. The lowest BCUT2D eigenvalue weighted by molar-refractivity contribution is 0.0958. The normalized spacial score (nSPS) is 8.86. The molecule has 0 atom stereocenters. The molecule has 14 heavy (non-hydrogen) atoms. The largest absolute Gasteiger partial charge is 0.497 e. The topological polar surface area (TPSA) is 38.3 Å². The van der Waals surface area contributed by atoms with Gasteiger partial charge in [0.05, 0.1) is 13.7 Å². The van der Waals surface area contributed by atoms with Crippen molar-refractivity contribution in [1.82, 2.24) is 5.32 Å². The number of carbonyl (C=O) groups excluding carboxylic acids is 1. The van der Waals surface area contributed by atoms with Crippen LogP contribution in [0.15, 0.2) is 24.3 Å². The predicted molar refractivity (Wildman–Crippen MR) is 54.2 cm³/mol. The second-order valence-electron chi connectivity index (χ2n) is 2.62. The van der Waals surface area contributed by atoms with Gasteiger partial charge in [-0.3, -0.25) is 4.79 Å². The number of ether oxygens (including phenoxy) is 1. The SMILES string of the molecule is C#CCNC(=O)c1ccc(OC)cc1. The monoisotopic (exact) mass is 189 g/mol. The van der Waals surface area contributed by atoms with Crippen LogP contribution in [0.4, 0.5) is 0 Å². The Hall–Kier alpha value is -1.95. The first-order chi connectivity index (χ1) is 6.77. The molecule has 0 unspecified atom stereocenters. The van der Waals surface area contributed by atoms with Crippen LogP contribution in [-0.4, -0.2) is 19.6 Å². The average molecular weight is 189 g/mol. The van der Waals surface area contributed by atoms with Crippen LogP contribution in [0.3, 0.4) is 0 Å². The fourth-order valence-electron chi connectivity index (χ4n) is 0.976. The summed E-state index contributed by atoms with van der Waals surface area (Å²) in [7, 11) is 1.58. The van der Waals surface area contributed by atoms with Crippen molar-refractivity contribution in [2.75, 3.05) is 13.7 Å². The van der Waals surface area contributed by atoms with Crippen molar-refractivity contribution in [1.29, 1.82) is 0 Å². The van der Waals surface area contributed by atoms with Crippen LogP contribution < -0.4 is 10.1 Å². The van der Waals surface area contributed by atoms with Gasteiger partial charge >= 0.3 is 0 Å². The summed E-state index contributed by atoms with van der Waals surface area (Å²) in [5.74, 6) is 2.88. The molecule has 0 aliphatic rings. The van der Waals surface area contributed by atoms with Gasteiger partial charge in [0.15, 0.2) is 0 Å². The van der Waals surface area contributed by atoms with Crippen molar-refractivity contribution in [3.8, 4) is 18.1 Å². The maximum Gasteiger partial charge on any atom is 0.252 e. The van der Waals surface area contributed by atoms with Crippen molar-refractivity contribution in [3.63, 3.8) is 0 Å². The third kappa shape index (κ3) is 2.53. The third-order valence-corrected chi connectivity index (χ3v) is 1.70. The molecule has 1 aromatic carbocycles. The van der Waals surface area contributed by atoms with E-state index in [4.69, 9.17) is 11.2 Å². The molecule has 0 spiro atoms. The molecule has 0 fully saturated rings. The molecule has 1 aromatic rings. The number of hydrogen-bond acceptors (Lipinski definition) is 2. The molecule has 0 radical (unpaired) electrons. The second kappa shape index (κ2) is 4.93. The lowest BCUT2D eigenvalue weighted by atomic mass is 10.2. The van der Waals surface area contributed by atoms with Gasteiger partial charge in [0, 0.05) is 5.56 Å². The Labute approximate surface area is 83.1 Å². The van der Waals surface area contributed by atoms with E-state index in [0.29, 0.717) is 5.56 Å². The van der Waals surface area contributed by atoms with Crippen LogP contribution in [0.1, 0.15) is 10.4 Å². The Kier molecular flexibility index (Phi) is 3.57. The van der Waals surface area contributed by atoms with Crippen LogP contribution in [0.5, 0.6) is 5.75 Å². The summed E-state index contributed by atoms with van der Waals surface area (Å²) in [5.41, 5.74) is 0.570. The van der Waals surface area contributed by atoms with E-state index in [-0.39, 0.29) is 12.5 Å². The van der Waals surface area contributed by atoms with Gasteiger partial charge in [-0.15, -0.1) is 6.42 Å². The lowest BCUT2D eigenvalue weighted by Crippen LogP contribution is -2.23. The molecule has 1 N–H and O–H groups in total. The summed E-state index contributed by atoms with van der Waals surface area (Å²) in [4.78, 5) is 11.4. The highest BCUT2D eigenvalue weighted by Gasteiger charge is 2.03. The van der Waals surface area contributed by atoms with Gasteiger partial charge in [0.25, 0.3) is 5.91 Å². The Bertz CT molecular complexity index is 349. The molecule has 0 aliphatic heterocycles. The number of rotatable bonds is 3. The van der Waals surface area contributed by atoms with Crippen molar-refractivity contribution in [3.05, 3.63) is 29.8 Å². The molecular weight excluding hydrogens is 178 g/mol. The van der Waals surface area contributed by atoms with E-state index in [1.54, 1.807) is 31.4 Å². The molecule has 3 heteroatoms. The van der Waals surface area contributed by atoms with Gasteiger partial charge in [-0.05, 0) is 24.3 Å². The lowest BCUT2D eigenvalue weighted by Gasteiger charge is -2.02. The van der Waals surface area contributed by atoms with Crippen LogP contribution in [0.2, 0.25) is 0 Å². The van der Waals surface area contributed by atoms with Crippen LogP contribution in [0.25, 0.3) is 0 Å². The van der Waals surface area contributed by atoms with Gasteiger partial charge < -0.3 is 10.1 Å². The molecule has 0 aliphatic carbocycles. The highest BCUT2D eigenvalue weighted by Crippen LogP contribution is 2.10. The summed E-state index contributed by atoms with van der Waals surface area (Å²) in [6.45, 7) is 0.241. The second-order valence-corrected chi connectivity index (χ2v) is 2.62. The number of terminal acetylenes is 1. The molecule has 0 heterocycles. The smallest absolute Gasteiger partial charge is 0.252 e. The number of hydrogen-bond donors (Lipinski definition) is 1. The van der Waals surface area contributed by atoms with Gasteiger partial charge in [-0.1, -0.05) is 5.92 Å². The summed E-state index contributed by atoms with van der Waals surface area (Å²) in [5, 5.41) is 2.57. The number of nitrogens with one attached hydrogen (secondary N) is 1. The summed E-state index contributed by atoms with van der Waals surface area (Å²) in [6.07, 6.45) is 5.02. The summed E-state index contributed by atoms with van der Waals surface area (Å²) < 4.78 is 4.97. The summed E-state index contributed by atoms with van der Waals surface area (Å²) in [6, 6.07) is 6.82. The maximum absolute atomic E-state index is 11.4. The zero-order valence-electron chi connectivity index (χ0n) is 7.91. The molecule has 0 bridgehead atoms. The number of carbonyl (C=O) groups is 1. The van der Waals surface area contributed by atoms with Crippen LogP contribution >= 0.6 is 0 Å². The fourth-order valence-corrected chi connectivity index (χ4v) is 0.976. The van der Waals surface area contributed by atoms with E-state index < -0.39 is 0 Å². The van der Waals surface area contributed by atoms with E-state index in [2.05, 4.69) is 11.2 Å². The first-order valence-corrected chi connectivity index (χ1v) is 4.13. The van der Waals surface area contributed by atoms with Crippen molar-refractivity contribution in [2.24, 2.45) is 0 Å². The molecule has 0 aromatic heterocycles. The predicted octanol–water partition coefficient (Wildman–Crippen LogP) is 1.06. The fraction of sp³-hybridized carbons (Fsp3) is 0.182. The average Bonchev–Trinajstić information content (AvgIpc) is 2.26. The molecule has 1 rings (SSSR count). The quantitative estimate of drug-likeness (QED) is 0.722. The number of amides is 1. The first kappa shape index (κ1) is 10.1. The zero-order chi connectivity index (χ0) is 10.4. The molecule has 0 saturated heterocycles. The van der Waals surface area contributed by atoms with Crippen LogP contribution in [-0.2, 0) is 0 Å². The van der Waals surface area contributed by atoms with Crippen molar-refractivity contribution < 1.29 is 9.53 Å². The standard InChI is InChI=1S/C11H11NO2/c1-3-8-12-11(13)9-4-6-10(14-2)7-5-9/h1,4-7H,8H2,2H3,(H,12,13). The van der Waals surface area contributed by atoms with E-state index in [0.717, 1.165) is 5.75 Å².